The van der Waals surface area contributed by atoms with Crippen LogP contribution in [0.4, 0.5) is 5.82 Å². The molecular formula is C15H24N6. The molecule has 2 aromatic heterocycles. The van der Waals surface area contributed by atoms with E-state index in [1.165, 1.54) is 19.3 Å². The zero-order valence-corrected chi connectivity index (χ0v) is 12.8. The fraction of sp³-hybridized carbons (Fsp3) is 0.667. The Kier molecular flexibility index (Phi) is 4.34. The number of rotatable bonds is 5. The van der Waals surface area contributed by atoms with Crippen LogP contribution in [0, 0.1) is 5.92 Å². The van der Waals surface area contributed by atoms with E-state index in [4.69, 9.17) is 0 Å². The van der Waals surface area contributed by atoms with Gasteiger partial charge in [0.05, 0.1) is 6.33 Å². The van der Waals surface area contributed by atoms with Crippen molar-refractivity contribution in [2.24, 2.45) is 5.92 Å². The van der Waals surface area contributed by atoms with Gasteiger partial charge < -0.3 is 15.2 Å². The molecule has 0 bridgehead atoms. The molecule has 2 N–H and O–H groups in total. The van der Waals surface area contributed by atoms with E-state index in [1.807, 2.05) is 0 Å². The van der Waals surface area contributed by atoms with Crippen LogP contribution in [0.15, 0.2) is 12.7 Å². The molecule has 2 aromatic rings. The van der Waals surface area contributed by atoms with Crippen LogP contribution in [0.25, 0.3) is 11.2 Å². The molecule has 6 nitrogen and oxygen atoms in total. The summed E-state index contributed by atoms with van der Waals surface area (Å²) in [5.41, 5.74) is 1.70. The topological polar surface area (TPSA) is 69.7 Å². The summed E-state index contributed by atoms with van der Waals surface area (Å²) in [5.74, 6) is 1.75. The third-order valence-corrected chi connectivity index (χ3v) is 4.47. The second-order valence-corrected chi connectivity index (χ2v) is 5.87. The summed E-state index contributed by atoms with van der Waals surface area (Å²) in [4.78, 5) is 18.4. The number of aromatic nitrogens is 4. The molecule has 0 aliphatic carbocycles. The van der Waals surface area contributed by atoms with Crippen LogP contribution in [0.3, 0.4) is 0 Å². The summed E-state index contributed by atoms with van der Waals surface area (Å²) in [6.45, 7) is 7.74. The van der Waals surface area contributed by atoms with Crippen molar-refractivity contribution < 1.29 is 0 Å². The van der Waals surface area contributed by atoms with Gasteiger partial charge in [0.2, 0.25) is 0 Å². The fourth-order valence-electron chi connectivity index (χ4n) is 3.14. The quantitative estimate of drug-likeness (QED) is 0.880. The van der Waals surface area contributed by atoms with Gasteiger partial charge >= 0.3 is 0 Å². The number of hydrogen-bond acceptors (Lipinski definition) is 5. The smallest absolute Gasteiger partial charge is 0.182 e. The van der Waals surface area contributed by atoms with Crippen LogP contribution in [-0.2, 0) is 0 Å². The highest BCUT2D eigenvalue weighted by Gasteiger charge is 2.25. The molecule has 1 unspecified atom stereocenters. The zero-order chi connectivity index (χ0) is 14.7. The average Bonchev–Trinajstić information content (AvgIpc) is 3.01. The maximum absolute atomic E-state index is 4.45. The number of nitrogens with one attached hydrogen (secondary N) is 2. The summed E-state index contributed by atoms with van der Waals surface area (Å²) >= 11 is 0. The van der Waals surface area contributed by atoms with E-state index in [2.05, 4.69) is 44.0 Å². The number of piperidine rings is 1. The van der Waals surface area contributed by atoms with Gasteiger partial charge in [-0.3, -0.25) is 0 Å². The molecule has 0 radical (unpaired) electrons. The maximum atomic E-state index is 4.45. The number of nitrogens with zero attached hydrogens (tertiary/aromatic N) is 4. The lowest BCUT2D eigenvalue weighted by atomic mass is 9.90. The van der Waals surface area contributed by atoms with Crippen LogP contribution in [0.2, 0.25) is 0 Å². The molecule has 1 atom stereocenters. The van der Waals surface area contributed by atoms with E-state index in [0.717, 1.165) is 42.5 Å². The van der Waals surface area contributed by atoms with Gasteiger partial charge in [-0.25, -0.2) is 15.0 Å². The summed E-state index contributed by atoms with van der Waals surface area (Å²) in [6.07, 6.45) is 6.90. The number of aromatic amines is 1. The summed E-state index contributed by atoms with van der Waals surface area (Å²) < 4.78 is 0. The van der Waals surface area contributed by atoms with Crippen molar-refractivity contribution in [1.29, 1.82) is 0 Å². The summed E-state index contributed by atoms with van der Waals surface area (Å²) in [5, 5.41) is 3.62. The zero-order valence-electron chi connectivity index (χ0n) is 12.8. The Balaban J connectivity index is 1.64. The third kappa shape index (κ3) is 3.00. The van der Waals surface area contributed by atoms with Gasteiger partial charge in [0.25, 0.3) is 0 Å². The van der Waals surface area contributed by atoms with Crippen LogP contribution < -0.4 is 10.2 Å². The first-order valence-electron chi connectivity index (χ1n) is 7.92. The summed E-state index contributed by atoms with van der Waals surface area (Å²) in [7, 11) is 0. The second kappa shape index (κ2) is 6.39. The first kappa shape index (κ1) is 14.3. The van der Waals surface area contributed by atoms with Gasteiger partial charge in [0.1, 0.15) is 11.8 Å². The lowest BCUT2D eigenvalue weighted by Crippen LogP contribution is -2.42. The molecule has 21 heavy (non-hydrogen) atoms. The Morgan fingerprint density at radius 2 is 2.14 bits per heavy atom. The van der Waals surface area contributed by atoms with Crippen molar-refractivity contribution >= 4 is 17.0 Å². The van der Waals surface area contributed by atoms with Crippen molar-refractivity contribution in [2.75, 3.05) is 24.5 Å². The first-order chi connectivity index (χ1) is 10.3. The predicted octanol–water partition coefficient (Wildman–Crippen LogP) is 1.96. The highest BCUT2D eigenvalue weighted by molar-refractivity contribution is 5.82. The minimum Gasteiger partial charge on any atom is -0.355 e. The molecule has 1 saturated heterocycles. The molecule has 6 heteroatoms. The van der Waals surface area contributed by atoms with Crippen LogP contribution in [-0.4, -0.2) is 45.6 Å². The van der Waals surface area contributed by atoms with E-state index < -0.39 is 0 Å². The largest absolute Gasteiger partial charge is 0.355 e. The monoisotopic (exact) mass is 288 g/mol. The Labute approximate surface area is 125 Å². The number of hydrogen-bond donors (Lipinski definition) is 2. The Hall–Kier alpha value is -1.69. The molecular weight excluding hydrogens is 264 g/mol. The molecule has 3 heterocycles. The van der Waals surface area contributed by atoms with E-state index in [0.29, 0.717) is 6.04 Å². The van der Waals surface area contributed by atoms with Crippen molar-refractivity contribution in [3.8, 4) is 0 Å². The van der Waals surface area contributed by atoms with E-state index >= 15 is 0 Å². The molecule has 1 fully saturated rings. The second-order valence-electron chi connectivity index (χ2n) is 5.87. The normalized spacial score (nSPS) is 18.3. The number of H-pyrrole nitrogens is 1. The average molecular weight is 288 g/mol. The standard InChI is InChI=1S/C15H24N6/c1-3-6-16-11(2)12-4-7-21(8-5-12)15-13-14(18-9-17-13)19-10-20-15/h9-12,16H,3-8H2,1-2H3,(H,17,18,19,20). The van der Waals surface area contributed by atoms with Gasteiger partial charge in [0, 0.05) is 19.1 Å². The minimum atomic E-state index is 0.602. The number of fused-ring (bicyclic) bond motifs is 1. The molecule has 114 valence electrons. The van der Waals surface area contributed by atoms with E-state index in [9.17, 15) is 0 Å². The summed E-state index contributed by atoms with van der Waals surface area (Å²) in [6, 6.07) is 0.602. The Morgan fingerprint density at radius 1 is 1.33 bits per heavy atom. The van der Waals surface area contributed by atoms with Gasteiger partial charge in [0.15, 0.2) is 11.5 Å². The molecule has 0 spiro atoms. The lowest BCUT2D eigenvalue weighted by molar-refractivity contribution is 0.311. The fourth-order valence-corrected chi connectivity index (χ4v) is 3.14. The third-order valence-electron chi connectivity index (χ3n) is 4.47. The van der Waals surface area contributed by atoms with Crippen LogP contribution >= 0.6 is 0 Å². The van der Waals surface area contributed by atoms with Gasteiger partial charge in [-0.05, 0) is 38.6 Å². The van der Waals surface area contributed by atoms with Crippen molar-refractivity contribution in [2.45, 2.75) is 39.2 Å². The van der Waals surface area contributed by atoms with Gasteiger partial charge in [-0.1, -0.05) is 6.92 Å². The van der Waals surface area contributed by atoms with Crippen LogP contribution in [0.1, 0.15) is 33.1 Å². The molecule has 0 saturated carbocycles. The first-order valence-corrected chi connectivity index (χ1v) is 7.92. The Bertz CT molecular complexity index is 572. The molecule has 1 aliphatic heterocycles. The van der Waals surface area contributed by atoms with Crippen molar-refractivity contribution in [3.63, 3.8) is 0 Å². The van der Waals surface area contributed by atoms with E-state index in [-0.39, 0.29) is 0 Å². The predicted molar refractivity (Wildman–Crippen MR) is 84.4 cm³/mol. The highest BCUT2D eigenvalue weighted by atomic mass is 15.2. The Morgan fingerprint density at radius 3 is 2.90 bits per heavy atom. The van der Waals surface area contributed by atoms with Gasteiger partial charge in [-0.2, -0.15) is 0 Å². The molecule has 1 aliphatic rings. The highest BCUT2D eigenvalue weighted by Crippen LogP contribution is 2.27. The van der Waals surface area contributed by atoms with Gasteiger partial charge in [-0.15, -0.1) is 0 Å². The molecule has 3 rings (SSSR count). The number of anilines is 1. The maximum Gasteiger partial charge on any atom is 0.182 e. The van der Waals surface area contributed by atoms with Crippen molar-refractivity contribution in [1.82, 2.24) is 25.3 Å². The van der Waals surface area contributed by atoms with E-state index in [1.54, 1.807) is 12.7 Å². The van der Waals surface area contributed by atoms with Crippen LogP contribution in [0.5, 0.6) is 0 Å². The molecule has 0 amide bonds. The SMILES string of the molecule is CCCNC(C)C1CCN(c2ncnc3nc[nH]c23)CC1. The van der Waals surface area contributed by atoms with Crippen molar-refractivity contribution in [3.05, 3.63) is 12.7 Å². The minimum absolute atomic E-state index is 0.602. The lowest BCUT2D eigenvalue weighted by Gasteiger charge is -2.35. The molecule has 0 aromatic carbocycles. The number of imidazole rings is 1.